The number of nitrogens with zero attached hydrogens (tertiary/aromatic N) is 1. The van der Waals surface area contributed by atoms with Crippen LogP contribution in [0.25, 0.3) is 0 Å². The summed E-state index contributed by atoms with van der Waals surface area (Å²) in [5.74, 6) is -1.09. The fourth-order valence-corrected chi connectivity index (χ4v) is 3.27. The Morgan fingerprint density at radius 2 is 2.07 bits per heavy atom. The molecule has 1 saturated heterocycles. The number of hydrogen-bond donors (Lipinski definition) is 1. The van der Waals surface area contributed by atoms with Crippen molar-refractivity contribution < 1.29 is 28.2 Å². The van der Waals surface area contributed by atoms with Gasteiger partial charge < -0.3 is 19.7 Å². The van der Waals surface area contributed by atoms with Crippen LogP contribution in [-0.2, 0) is 25.5 Å². The Balaban J connectivity index is 2.07. The maximum atomic E-state index is 13.6. The Morgan fingerprint density at radius 1 is 1.33 bits per heavy atom. The smallest absolute Gasteiger partial charge is 0.325 e. The van der Waals surface area contributed by atoms with E-state index in [9.17, 15) is 18.8 Å². The van der Waals surface area contributed by atoms with Crippen molar-refractivity contribution in [2.75, 3.05) is 27.8 Å². The van der Waals surface area contributed by atoms with Gasteiger partial charge >= 0.3 is 5.97 Å². The zero-order valence-corrected chi connectivity index (χ0v) is 15.8. The summed E-state index contributed by atoms with van der Waals surface area (Å²) in [5, 5.41) is 2.98. The molecule has 0 unspecified atom stereocenters. The summed E-state index contributed by atoms with van der Waals surface area (Å²) in [6.07, 6.45) is 2.02. The molecular formula is C19H25FN2O5. The number of nitrogens with one attached hydrogen (secondary N) is 1. The molecule has 1 atom stereocenters. The second-order valence-corrected chi connectivity index (χ2v) is 6.80. The van der Waals surface area contributed by atoms with Crippen molar-refractivity contribution in [1.82, 2.24) is 10.2 Å². The summed E-state index contributed by atoms with van der Waals surface area (Å²) >= 11 is 0. The molecule has 2 amide bonds. The molecule has 1 aromatic rings. The molecule has 1 N–H and O–H groups in total. The Hall–Kier alpha value is -2.64. The summed E-state index contributed by atoms with van der Waals surface area (Å²) in [6, 6.07) is 4.58. The third-order valence-electron chi connectivity index (χ3n) is 4.83. The molecule has 1 aliphatic rings. The van der Waals surface area contributed by atoms with E-state index in [2.05, 4.69) is 10.1 Å². The number of carbonyl (C=O) groups excluding carboxylic acids is 3. The van der Waals surface area contributed by atoms with E-state index in [0.717, 1.165) is 5.56 Å². The van der Waals surface area contributed by atoms with Crippen LogP contribution in [0.2, 0.25) is 0 Å². The second kappa shape index (κ2) is 8.83. The Kier molecular flexibility index (Phi) is 6.76. The maximum absolute atomic E-state index is 13.6. The molecular weight excluding hydrogens is 355 g/mol. The van der Waals surface area contributed by atoms with Gasteiger partial charge in [-0.1, -0.05) is 6.07 Å². The SMILES string of the molecule is COC(=O)CN(C)C(=O)CC[C@]1(Cc2ccc(F)c(OC)c2)CCC(=O)N1. The normalized spacial score (nSPS) is 18.7. The number of likely N-dealkylation sites (N-methyl/N-ethyl adjacent to an activating group) is 1. The molecule has 1 aliphatic heterocycles. The van der Waals surface area contributed by atoms with Crippen LogP contribution in [0.3, 0.4) is 0 Å². The lowest BCUT2D eigenvalue weighted by Gasteiger charge is -2.30. The van der Waals surface area contributed by atoms with E-state index in [0.29, 0.717) is 25.7 Å². The minimum atomic E-state index is -0.582. The average Bonchev–Trinajstić information content (AvgIpc) is 3.01. The Bertz CT molecular complexity index is 724. The first-order chi connectivity index (χ1) is 12.8. The van der Waals surface area contributed by atoms with E-state index >= 15 is 0 Å². The van der Waals surface area contributed by atoms with Crippen LogP contribution in [0.15, 0.2) is 18.2 Å². The van der Waals surface area contributed by atoms with E-state index in [4.69, 9.17) is 4.74 Å². The molecule has 2 rings (SSSR count). The molecule has 0 spiro atoms. The first kappa shape index (κ1) is 20.7. The third-order valence-corrected chi connectivity index (χ3v) is 4.83. The lowest BCUT2D eigenvalue weighted by molar-refractivity contribution is -0.146. The lowest BCUT2D eigenvalue weighted by atomic mass is 9.84. The fourth-order valence-electron chi connectivity index (χ4n) is 3.27. The average molecular weight is 380 g/mol. The first-order valence-corrected chi connectivity index (χ1v) is 8.73. The monoisotopic (exact) mass is 380 g/mol. The lowest BCUT2D eigenvalue weighted by Crippen LogP contribution is -2.45. The van der Waals surface area contributed by atoms with Gasteiger partial charge in [0.05, 0.1) is 14.2 Å². The topological polar surface area (TPSA) is 84.9 Å². The van der Waals surface area contributed by atoms with Gasteiger partial charge in [0, 0.05) is 25.4 Å². The number of rotatable bonds is 8. The number of benzene rings is 1. The van der Waals surface area contributed by atoms with E-state index in [-0.39, 0.29) is 30.5 Å². The standard InChI is InChI=1S/C19H25FN2O5/c1-22(12-18(25)27-3)17(24)7-9-19(8-6-16(23)21-19)11-13-4-5-14(20)15(10-13)26-2/h4-5,10H,6-9,11-12H2,1-3H3,(H,21,23)/t19-/m0/s1. The molecule has 0 radical (unpaired) electrons. The van der Waals surface area contributed by atoms with Crippen molar-refractivity contribution in [2.45, 2.75) is 37.6 Å². The van der Waals surface area contributed by atoms with Gasteiger partial charge in [-0.15, -0.1) is 0 Å². The highest BCUT2D eigenvalue weighted by Crippen LogP contribution is 2.31. The second-order valence-electron chi connectivity index (χ2n) is 6.80. The number of esters is 1. The van der Waals surface area contributed by atoms with E-state index < -0.39 is 17.3 Å². The molecule has 148 valence electrons. The zero-order chi connectivity index (χ0) is 20.0. The number of carbonyl (C=O) groups is 3. The van der Waals surface area contributed by atoms with Crippen LogP contribution >= 0.6 is 0 Å². The van der Waals surface area contributed by atoms with Gasteiger partial charge in [0.1, 0.15) is 6.54 Å². The molecule has 1 heterocycles. The molecule has 27 heavy (non-hydrogen) atoms. The van der Waals surface area contributed by atoms with Gasteiger partial charge in [-0.25, -0.2) is 4.39 Å². The van der Waals surface area contributed by atoms with Crippen LogP contribution in [0.5, 0.6) is 5.75 Å². The summed E-state index contributed by atoms with van der Waals surface area (Å²) in [5.41, 5.74) is 0.229. The highest BCUT2D eigenvalue weighted by molar-refractivity contribution is 5.82. The molecule has 0 aliphatic carbocycles. The summed E-state index contributed by atoms with van der Waals surface area (Å²) in [4.78, 5) is 36.8. The number of methoxy groups -OCH3 is 2. The van der Waals surface area contributed by atoms with Gasteiger partial charge in [-0.2, -0.15) is 0 Å². The van der Waals surface area contributed by atoms with Crippen LogP contribution in [-0.4, -0.2) is 56.0 Å². The largest absolute Gasteiger partial charge is 0.494 e. The van der Waals surface area contributed by atoms with Crippen molar-refractivity contribution in [3.63, 3.8) is 0 Å². The number of ether oxygens (including phenoxy) is 2. The maximum Gasteiger partial charge on any atom is 0.325 e. The predicted molar refractivity (Wildman–Crippen MR) is 95.7 cm³/mol. The number of amides is 2. The summed E-state index contributed by atoms with van der Waals surface area (Å²) in [6.45, 7) is -0.121. The first-order valence-electron chi connectivity index (χ1n) is 8.73. The number of halogens is 1. The Labute approximate surface area is 157 Å². The predicted octanol–water partition coefficient (Wildman–Crippen LogP) is 1.44. The highest BCUT2D eigenvalue weighted by atomic mass is 19.1. The minimum absolute atomic E-state index is 0.0700. The third kappa shape index (κ3) is 5.42. The van der Waals surface area contributed by atoms with Gasteiger partial charge in [0.2, 0.25) is 11.8 Å². The Morgan fingerprint density at radius 3 is 2.67 bits per heavy atom. The molecule has 0 saturated carbocycles. The van der Waals surface area contributed by atoms with Crippen molar-refractivity contribution in [2.24, 2.45) is 0 Å². The number of hydrogen-bond acceptors (Lipinski definition) is 5. The van der Waals surface area contributed by atoms with Crippen LogP contribution in [0, 0.1) is 5.82 Å². The molecule has 0 bridgehead atoms. The highest BCUT2D eigenvalue weighted by Gasteiger charge is 2.38. The quantitative estimate of drug-likeness (QED) is 0.690. The van der Waals surface area contributed by atoms with Crippen molar-refractivity contribution >= 4 is 17.8 Å². The van der Waals surface area contributed by atoms with Crippen molar-refractivity contribution in [3.05, 3.63) is 29.6 Å². The fraction of sp³-hybridized carbons (Fsp3) is 0.526. The van der Waals surface area contributed by atoms with Crippen LogP contribution in [0.1, 0.15) is 31.2 Å². The van der Waals surface area contributed by atoms with E-state index in [1.807, 2.05) is 0 Å². The van der Waals surface area contributed by atoms with Gasteiger partial charge in [-0.3, -0.25) is 14.4 Å². The van der Waals surface area contributed by atoms with E-state index in [1.54, 1.807) is 12.1 Å². The zero-order valence-electron chi connectivity index (χ0n) is 15.8. The van der Waals surface area contributed by atoms with Gasteiger partial charge in [0.15, 0.2) is 11.6 Å². The van der Waals surface area contributed by atoms with Gasteiger partial charge in [0.25, 0.3) is 0 Å². The molecule has 0 aromatic heterocycles. The van der Waals surface area contributed by atoms with Crippen LogP contribution < -0.4 is 10.1 Å². The van der Waals surface area contributed by atoms with Crippen LogP contribution in [0.4, 0.5) is 4.39 Å². The van der Waals surface area contributed by atoms with E-state index in [1.165, 1.54) is 32.2 Å². The summed E-state index contributed by atoms with van der Waals surface area (Å²) in [7, 11) is 4.19. The minimum Gasteiger partial charge on any atom is -0.494 e. The molecule has 1 aromatic carbocycles. The molecule has 8 heteroatoms. The summed E-state index contributed by atoms with van der Waals surface area (Å²) < 4.78 is 23.2. The molecule has 1 fully saturated rings. The molecule has 7 nitrogen and oxygen atoms in total. The van der Waals surface area contributed by atoms with Crippen molar-refractivity contribution in [1.29, 1.82) is 0 Å². The van der Waals surface area contributed by atoms with Crippen molar-refractivity contribution in [3.8, 4) is 5.75 Å². The van der Waals surface area contributed by atoms with Gasteiger partial charge in [-0.05, 0) is 37.0 Å².